The standard InChI is InChI=1S/C12H18FNO2S/c1-8(2)9(3)17(15,16)7-10-11(13)5-4-6-12(10)14/h4-6,8-9H,7,14H2,1-3H3. The lowest BCUT2D eigenvalue weighted by molar-refractivity contribution is 0.542. The van der Waals surface area contributed by atoms with E-state index in [4.69, 9.17) is 5.73 Å². The van der Waals surface area contributed by atoms with Gasteiger partial charge in [-0.05, 0) is 25.0 Å². The van der Waals surface area contributed by atoms with Crippen LogP contribution in [0.1, 0.15) is 26.3 Å². The maximum atomic E-state index is 13.5. The van der Waals surface area contributed by atoms with Crippen LogP contribution in [0.5, 0.6) is 0 Å². The second-order valence-electron chi connectivity index (χ2n) is 4.56. The Balaban J connectivity index is 3.07. The molecule has 1 rings (SSSR count). The summed E-state index contributed by atoms with van der Waals surface area (Å²) in [4.78, 5) is 0. The molecule has 1 aromatic carbocycles. The third kappa shape index (κ3) is 3.19. The van der Waals surface area contributed by atoms with Crippen LogP contribution in [-0.4, -0.2) is 13.7 Å². The van der Waals surface area contributed by atoms with Crippen molar-refractivity contribution in [3.05, 3.63) is 29.6 Å². The van der Waals surface area contributed by atoms with Crippen LogP contribution in [0, 0.1) is 11.7 Å². The molecule has 0 heterocycles. The quantitative estimate of drug-likeness (QED) is 0.844. The van der Waals surface area contributed by atoms with Crippen LogP contribution in [0.3, 0.4) is 0 Å². The van der Waals surface area contributed by atoms with Gasteiger partial charge in [-0.3, -0.25) is 0 Å². The van der Waals surface area contributed by atoms with Gasteiger partial charge in [-0.25, -0.2) is 12.8 Å². The van der Waals surface area contributed by atoms with E-state index in [2.05, 4.69) is 0 Å². The Morgan fingerprint density at radius 1 is 1.29 bits per heavy atom. The summed E-state index contributed by atoms with van der Waals surface area (Å²) < 4.78 is 37.5. The van der Waals surface area contributed by atoms with Gasteiger partial charge in [-0.15, -0.1) is 0 Å². The Bertz CT molecular complexity index is 477. The summed E-state index contributed by atoms with van der Waals surface area (Å²) in [6.45, 7) is 5.29. The van der Waals surface area contributed by atoms with E-state index in [0.29, 0.717) is 0 Å². The predicted molar refractivity (Wildman–Crippen MR) is 67.7 cm³/mol. The zero-order chi connectivity index (χ0) is 13.2. The van der Waals surface area contributed by atoms with Crippen molar-refractivity contribution in [2.75, 3.05) is 5.73 Å². The predicted octanol–water partition coefficient (Wildman–Crippen LogP) is 2.37. The molecule has 3 nitrogen and oxygen atoms in total. The Morgan fingerprint density at radius 3 is 2.35 bits per heavy atom. The van der Waals surface area contributed by atoms with Crippen LogP contribution < -0.4 is 5.73 Å². The van der Waals surface area contributed by atoms with Gasteiger partial charge in [0, 0.05) is 11.3 Å². The summed E-state index contributed by atoms with van der Waals surface area (Å²) in [6.07, 6.45) is 0. The number of anilines is 1. The minimum absolute atomic E-state index is 0.00648. The zero-order valence-electron chi connectivity index (χ0n) is 10.3. The fourth-order valence-corrected chi connectivity index (χ4v) is 3.27. The maximum Gasteiger partial charge on any atom is 0.157 e. The van der Waals surface area contributed by atoms with E-state index in [-0.39, 0.29) is 22.9 Å². The van der Waals surface area contributed by atoms with Gasteiger partial charge in [0.1, 0.15) is 5.82 Å². The monoisotopic (exact) mass is 259 g/mol. The summed E-state index contributed by atoms with van der Waals surface area (Å²) in [5.41, 5.74) is 5.85. The summed E-state index contributed by atoms with van der Waals surface area (Å²) in [7, 11) is -3.38. The third-order valence-corrected chi connectivity index (χ3v) is 5.37. The maximum absolute atomic E-state index is 13.5. The van der Waals surface area contributed by atoms with Gasteiger partial charge in [0.05, 0.1) is 11.0 Å². The molecule has 0 fully saturated rings. The van der Waals surface area contributed by atoms with Crippen LogP contribution >= 0.6 is 0 Å². The van der Waals surface area contributed by atoms with E-state index in [0.717, 1.165) is 0 Å². The molecular formula is C12H18FNO2S. The van der Waals surface area contributed by atoms with Crippen molar-refractivity contribution in [2.24, 2.45) is 5.92 Å². The number of benzene rings is 1. The summed E-state index contributed by atoms with van der Waals surface area (Å²) in [5, 5.41) is -0.512. The first-order chi connectivity index (χ1) is 7.75. The van der Waals surface area contributed by atoms with Crippen molar-refractivity contribution in [3.63, 3.8) is 0 Å². The highest BCUT2D eigenvalue weighted by Gasteiger charge is 2.26. The second kappa shape index (κ2) is 5.04. The van der Waals surface area contributed by atoms with E-state index in [9.17, 15) is 12.8 Å². The second-order valence-corrected chi connectivity index (χ2v) is 6.92. The van der Waals surface area contributed by atoms with Gasteiger partial charge < -0.3 is 5.73 Å². The van der Waals surface area contributed by atoms with Crippen molar-refractivity contribution in [1.82, 2.24) is 0 Å². The molecule has 96 valence electrons. The van der Waals surface area contributed by atoms with Crippen LogP contribution in [0.15, 0.2) is 18.2 Å². The molecule has 1 aromatic rings. The van der Waals surface area contributed by atoms with E-state index in [1.54, 1.807) is 6.92 Å². The van der Waals surface area contributed by atoms with E-state index >= 15 is 0 Å². The lowest BCUT2D eigenvalue weighted by Crippen LogP contribution is -2.25. The summed E-state index contributed by atoms with van der Waals surface area (Å²) in [5.74, 6) is -0.914. The van der Waals surface area contributed by atoms with Crippen LogP contribution in [-0.2, 0) is 15.6 Å². The molecule has 1 unspecified atom stereocenters. The highest BCUT2D eigenvalue weighted by Crippen LogP contribution is 2.22. The molecule has 2 N–H and O–H groups in total. The molecule has 0 radical (unpaired) electrons. The molecule has 0 spiro atoms. The Morgan fingerprint density at radius 2 is 1.88 bits per heavy atom. The minimum Gasteiger partial charge on any atom is -0.398 e. The molecule has 0 aliphatic carbocycles. The third-order valence-electron chi connectivity index (χ3n) is 3.01. The number of rotatable bonds is 4. The number of sulfone groups is 1. The molecule has 0 aliphatic rings. The first-order valence-corrected chi connectivity index (χ1v) is 7.21. The number of nitrogen functional groups attached to an aromatic ring is 1. The number of nitrogens with two attached hydrogens (primary N) is 1. The largest absolute Gasteiger partial charge is 0.398 e. The molecule has 17 heavy (non-hydrogen) atoms. The minimum atomic E-state index is -3.38. The SMILES string of the molecule is CC(C)C(C)S(=O)(=O)Cc1c(N)cccc1F. The normalized spacial score (nSPS) is 13.9. The lowest BCUT2D eigenvalue weighted by Gasteiger charge is -2.17. The van der Waals surface area contributed by atoms with Gasteiger partial charge in [0.15, 0.2) is 9.84 Å². The van der Waals surface area contributed by atoms with Gasteiger partial charge in [0.2, 0.25) is 0 Å². The zero-order valence-corrected chi connectivity index (χ0v) is 11.1. The topological polar surface area (TPSA) is 60.2 Å². The van der Waals surface area contributed by atoms with E-state index < -0.39 is 20.9 Å². The van der Waals surface area contributed by atoms with Crippen molar-refractivity contribution in [1.29, 1.82) is 0 Å². The van der Waals surface area contributed by atoms with Crippen LogP contribution in [0.25, 0.3) is 0 Å². The molecule has 5 heteroatoms. The average Bonchev–Trinajstić information content (AvgIpc) is 2.22. The number of halogens is 1. The van der Waals surface area contributed by atoms with Crippen molar-refractivity contribution in [2.45, 2.75) is 31.8 Å². The van der Waals surface area contributed by atoms with Crippen molar-refractivity contribution in [3.8, 4) is 0 Å². The van der Waals surface area contributed by atoms with Crippen LogP contribution in [0.4, 0.5) is 10.1 Å². The first kappa shape index (κ1) is 14.0. The molecule has 0 amide bonds. The molecule has 0 aliphatic heterocycles. The van der Waals surface area contributed by atoms with Crippen molar-refractivity contribution < 1.29 is 12.8 Å². The molecule has 0 aromatic heterocycles. The fourth-order valence-electron chi connectivity index (χ4n) is 1.47. The molecular weight excluding hydrogens is 241 g/mol. The molecule has 0 saturated carbocycles. The molecule has 1 atom stereocenters. The van der Waals surface area contributed by atoms with Gasteiger partial charge in [0.25, 0.3) is 0 Å². The highest BCUT2D eigenvalue weighted by molar-refractivity contribution is 7.91. The Labute approximate surface area is 102 Å². The molecule has 0 bridgehead atoms. The van der Waals surface area contributed by atoms with Gasteiger partial charge in [-0.1, -0.05) is 19.9 Å². The number of hydrogen-bond acceptors (Lipinski definition) is 3. The van der Waals surface area contributed by atoms with Gasteiger partial charge in [-0.2, -0.15) is 0 Å². The van der Waals surface area contributed by atoms with Crippen LogP contribution in [0.2, 0.25) is 0 Å². The molecule has 0 saturated heterocycles. The Kier molecular flexibility index (Phi) is 4.14. The summed E-state index contributed by atoms with van der Waals surface area (Å²) in [6, 6.07) is 4.20. The highest BCUT2D eigenvalue weighted by atomic mass is 32.2. The first-order valence-electron chi connectivity index (χ1n) is 5.50. The smallest absolute Gasteiger partial charge is 0.157 e. The van der Waals surface area contributed by atoms with E-state index in [1.807, 2.05) is 13.8 Å². The Hall–Kier alpha value is -1.10. The lowest BCUT2D eigenvalue weighted by atomic mass is 10.2. The summed E-state index contributed by atoms with van der Waals surface area (Å²) >= 11 is 0. The van der Waals surface area contributed by atoms with Gasteiger partial charge >= 0.3 is 0 Å². The average molecular weight is 259 g/mol. The van der Waals surface area contributed by atoms with Crippen molar-refractivity contribution >= 4 is 15.5 Å². The number of hydrogen-bond donors (Lipinski definition) is 1. The fraction of sp³-hybridized carbons (Fsp3) is 0.500. The van der Waals surface area contributed by atoms with E-state index in [1.165, 1.54) is 18.2 Å².